The molecular weight excluding hydrogens is 597 g/mol. The highest BCUT2D eigenvalue weighted by atomic mass is 19.4. The largest absolute Gasteiger partial charge is 0.456 e. The number of nitrogens with zero attached hydrogens (tertiary/aromatic N) is 4. The molecule has 3 aromatic carbocycles. The summed E-state index contributed by atoms with van der Waals surface area (Å²) >= 11 is 0. The van der Waals surface area contributed by atoms with Crippen LogP contribution in [0.25, 0.3) is 21.9 Å². The quantitative estimate of drug-likeness (QED) is 0.184. The minimum absolute atomic E-state index is 0.0279. The molecule has 2 saturated heterocycles. The molecule has 8 nitrogen and oxygen atoms in total. The smallest absolute Gasteiger partial charge is 0.416 e. The minimum atomic E-state index is -4.39. The van der Waals surface area contributed by atoms with E-state index in [1.807, 2.05) is 4.90 Å². The lowest BCUT2D eigenvalue weighted by atomic mass is 10.0. The molecule has 0 radical (unpaired) electrons. The number of hydrogen-bond donors (Lipinski definition) is 0. The first-order valence-corrected chi connectivity index (χ1v) is 15.7. The number of benzene rings is 3. The Hall–Kier alpha value is -4.06. The number of Topliss-reactive ketones (excluding diaryl/α,β-unsaturated/α-hetero) is 2. The first-order valence-electron chi connectivity index (χ1n) is 15.7. The molecule has 6 rings (SSSR count). The number of alkyl halides is 3. The van der Waals surface area contributed by atoms with Crippen molar-refractivity contribution in [3.63, 3.8) is 0 Å². The molecule has 2 aliphatic rings. The highest BCUT2D eigenvalue weighted by molar-refractivity contribution is 6.02. The van der Waals surface area contributed by atoms with Crippen LogP contribution in [0.1, 0.15) is 39.1 Å². The fraction of sp³-hybridized carbons (Fsp3) is 0.400. The molecule has 2 fully saturated rings. The zero-order valence-electron chi connectivity index (χ0n) is 25.8. The average molecular weight is 635 g/mol. The van der Waals surface area contributed by atoms with Gasteiger partial charge in [0.2, 0.25) is 5.43 Å². The summed E-state index contributed by atoms with van der Waals surface area (Å²) < 4.78 is 45.4. The second-order valence-corrected chi connectivity index (χ2v) is 12.2. The van der Waals surface area contributed by atoms with Crippen LogP contribution in [0, 0.1) is 0 Å². The monoisotopic (exact) mass is 634 g/mol. The van der Waals surface area contributed by atoms with E-state index in [4.69, 9.17) is 4.42 Å². The number of anilines is 1. The molecular formula is C35H37F3N4O4. The molecule has 3 heterocycles. The lowest BCUT2D eigenvalue weighted by molar-refractivity contribution is -0.137. The van der Waals surface area contributed by atoms with Gasteiger partial charge in [-0.15, -0.1) is 0 Å². The lowest BCUT2D eigenvalue weighted by Crippen LogP contribution is -2.47. The van der Waals surface area contributed by atoms with Gasteiger partial charge in [0.15, 0.2) is 11.6 Å². The molecule has 46 heavy (non-hydrogen) atoms. The normalized spacial score (nSPS) is 17.2. The van der Waals surface area contributed by atoms with E-state index in [1.165, 1.54) is 12.1 Å². The number of hydrogen-bond acceptors (Lipinski definition) is 8. The number of carbonyl (C=O) groups excluding carboxylic acids is 2. The molecule has 1 aromatic heterocycles. The number of ketones is 2. The molecule has 0 spiro atoms. The molecule has 11 heteroatoms. The molecule has 0 atom stereocenters. The van der Waals surface area contributed by atoms with Crippen LogP contribution in [0.3, 0.4) is 0 Å². The van der Waals surface area contributed by atoms with E-state index < -0.39 is 11.7 Å². The predicted molar refractivity (Wildman–Crippen MR) is 172 cm³/mol. The Morgan fingerprint density at radius 1 is 0.717 bits per heavy atom. The van der Waals surface area contributed by atoms with Crippen LogP contribution in [0.4, 0.5) is 18.9 Å². The van der Waals surface area contributed by atoms with Gasteiger partial charge in [0.25, 0.3) is 0 Å². The Kier molecular flexibility index (Phi) is 9.26. The van der Waals surface area contributed by atoms with Crippen molar-refractivity contribution in [3.05, 3.63) is 87.6 Å². The van der Waals surface area contributed by atoms with Crippen molar-refractivity contribution in [1.82, 2.24) is 14.7 Å². The number of fused-ring (bicyclic) bond motifs is 2. The third kappa shape index (κ3) is 7.16. The van der Waals surface area contributed by atoms with Gasteiger partial charge in [-0.2, -0.15) is 13.2 Å². The summed E-state index contributed by atoms with van der Waals surface area (Å²) in [5.74, 6) is -0.144. The molecule has 0 amide bonds. The van der Waals surface area contributed by atoms with Crippen LogP contribution in [0.2, 0.25) is 0 Å². The van der Waals surface area contributed by atoms with E-state index in [0.717, 1.165) is 32.2 Å². The fourth-order valence-corrected chi connectivity index (χ4v) is 6.19. The number of halogens is 3. The molecule has 242 valence electrons. The third-order valence-electron chi connectivity index (χ3n) is 9.13. The second-order valence-electron chi connectivity index (χ2n) is 12.2. The molecule has 0 bridgehead atoms. The summed E-state index contributed by atoms with van der Waals surface area (Å²) in [6.07, 6.45) is -3.78. The second kappa shape index (κ2) is 13.4. The fourth-order valence-electron chi connectivity index (χ4n) is 6.19. The zero-order chi connectivity index (χ0) is 32.4. The van der Waals surface area contributed by atoms with E-state index in [2.05, 4.69) is 21.7 Å². The number of rotatable bonds is 9. The predicted octanol–water partition coefficient (Wildman–Crippen LogP) is 5.18. The molecule has 0 saturated carbocycles. The highest BCUT2D eigenvalue weighted by Gasteiger charge is 2.31. The average Bonchev–Trinajstić information content (AvgIpc) is 3.06. The summed E-state index contributed by atoms with van der Waals surface area (Å²) in [6.45, 7) is 7.34. The summed E-state index contributed by atoms with van der Waals surface area (Å²) in [7, 11) is 2.09. The minimum Gasteiger partial charge on any atom is -0.456 e. The maximum Gasteiger partial charge on any atom is 0.416 e. The van der Waals surface area contributed by atoms with E-state index in [9.17, 15) is 27.6 Å². The van der Waals surface area contributed by atoms with Crippen LogP contribution in [0.5, 0.6) is 0 Å². The Morgan fingerprint density at radius 3 is 1.76 bits per heavy atom. The molecule has 0 unspecified atom stereocenters. The van der Waals surface area contributed by atoms with Crippen molar-refractivity contribution in [2.75, 3.05) is 77.4 Å². The summed E-state index contributed by atoms with van der Waals surface area (Å²) in [6, 6.07) is 15.1. The van der Waals surface area contributed by atoms with Gasteiger partial charge in [-0.05, 0) is 61.6 Å². The van der Waals surface area contributed by atoms with Crippen molar-refractivity contribution in [2.24, 2.45) is 0 Å². The molecule has 4 aromatic rings. The van der Waals surface area contributed by atoms with Crippen molar-refractivity contribution in [3.8, 4) is 0 Å². The standard InChI is InChI=1S/C35H37F3N4O4/c1-39-13-15-40(16-14-39)11-9-30(43)24-5-7-32-28(21-24)34(45)29-22-25(6-8-33(29)46-32)31(44)10-12-41-17-19-42(20-18-41)27-4-2-3-26(23-27)35(36,37)38/h2-8,21-23H,9-20H2,1H3. The van der Waals surface area contributed by atoms with Crippen LogP contribution in [-0.2, 0) is 6.18 Å². The number of piperazine rings is 2. The van der Waals surface area contributed by atoms with Gasteiger partial charge in [-0.1, -0.05) is 6.07 Å². The number of carbonyl (C=O) groups is 2. The molecule has 2 aliphatic heterocycles. The lowest BCUT2D eigenvalue weighted by Gasteiger charge is -2.36. The van der Waals surface area contributed by atoms with E-state index >= 15 is 0 Å². The van der Waals surface area contributed by atoms with E-state index in [-0.39, 0.29) is 28.8 Å². The van der Waals surface area contributed by atoms with Crippen molar-refractivity contribution >= 4 is 39.2 Å². The van der Waals surface area contributed by atoms with Crippen LogP contribution < -0.4 is 10.3 Å². The van der Waals surface area contributed by atoms with E-state index in [1.54, 1.807) is 42.5 Å². The van der Waals surface area contributed by atoms with Gasteiger partial charge < -0.3 is 19.1 Å². The van der Waals surface area contributed by atoms with Crippen molar-refractivity contribution in [2.45, 2.75) is 19.0 Å². The summed E-state index contributed by atoms with van der Waals surface area (Å²) in [5, 5.41) is 0.594. The zero-order valence-corrected chi connectivity index (χ0v) is 25.8. The van der Waals surface area contributed by atoms with Crippen LogP contribution >= 0.6 is 0 Å². The maximum atomic E-state index is 13.5. The van der Waals surface area contributed by atoms with E-state index in [0.29, 0.717) is 79.1 Å². The van der Waals surface area contributed by atoms with Crippen molar-refractivity contribution < 1.29 is 27.2 Å². The van der Waals surface area contributed by atoms with Gasteiger partial charge >= 0.3 is 6.18 Å². The Labute approximate surface area is 265 Å². The SMILES string of the molecule is CN1CCN(CCC(=O)c2ccc3oc4ccc(C(=O)CCN5CCN(c6cccc(C(F)(F)F)c6)CC5)cc4c(=O)c3c2)CC1. The number of likely N-dealkylation sites (N-methyl/N-ethyl adjacent to an activating group) is 1. The Balaban J connectivity index is 1.08. The summed E-state index contributed by atoms with van der Waals surface area (Å²) in [5.41, 5.74) is 1.21. The highest BCUT2D eigenvalue weighted by Crippen LogP contribution is 2.32. The maximum absolute atomic E-state index is 13.5. The molecule has 0 N–H and O–H groups in total. The van der Waals surface area contributed by atoms with Gasteiger partial charge in [0.1, 0.15) is 11.2 Å². The van der Waals surface area contributed by atoms with Crippen LogP contribution in [-0.4, -0.2) is 98.8 Å². The van der Waals surface area contributed by atoms with Crippen LogP contribution in [0.15, 0.2) is 69.9 Å². The third-order valence-corrected chi connectivity index (χ3v) is 9.13. The Morgan fingerprint density at radius 2 is 1.24 bits per heavy atom. The van der Waals surface area contributed by atoms with Gasteiger partial charge in [0.05, 0.1) is 16.3 Å². The topological polar surface area (TPSA) is 77.3 Å². The summed E-state index contributed by atoms with van der Waals surface area (Å²) in [4.78, 5) is 48.3. The molecule has 0 aliphatic carbocycles. The van der Waals surface area contributed by atoms with Gasteiger partial charge in [-0.3, -0.25) is 19.3 Å². The first-order chi connectivity index (χ1) is 22.0. The first kappa shape index (κ1) is 31.9. The van der Waals surface area contributed by atoms with Gasteiger partial charge in [-0.25, -0.2) is 0 Å². The van der Waals surface area contributed by atoms with Gasteiger partial charge in [0, 0.05) is 95.1 Å². The Bertz CT molecular complexity index is 1810. The van der Waals surface area contributed by atoms with Crippen molar-refractivity contribution in [1.29, 1.82) is 0 Å².